The summed E-state index contributed by atoms with van der Waals surface area (Å²) in [6.07, 6.45) is 12.5. The molecule has 0 spiro atoms. The Hall–Kier alpha value is -7.07. The van der Waals surface area contributed by atoms with Gasteiger partial charge in [0.05, 0.1) is 50.0 Å². The number of aromatic nitrogens is 2. The SMILES string of the molecule is Cc1c(C#N)c(C#N)cc(-c2ccc(C#N)c(-n3c4ccccc4c4c5oc6c(c5ccc43)C=CCC6)c2)c1-n1c2c(c3ccccc31)CCC=C2. The molecule has 0 N–H and O–H groups in total. The van der Waals surface area contributed by atoms with Gasteiger partial charge in [-0.05, 0) is 91.4 Å². The second kappa shape index (κ2) is 11.2. The molecule has 0 fully saturated rings. The molecule has 0 saturated heterocycles. The van der Waals surface area contributed by atoms with E-state index >= 15 is 0 Å². The van der Waals surface area contributed by atoms with Gasteiger partial charge in [-0.25, -0.2) is 0 Å². The molecule has 8 aromatic rings. The third kappa shape index (κ3) is 4.03. The first kappa shape index (κ1) is 29.8. The molecule has 10 rings (SSSR count). The van der Waals surface area contributed by atoms with Crippen molar-refractivity contribution in [2.75, 3.05) is 0 Å². The topological polar surface area (TPSA) is 94.4 Å². The van der Waals surface area contributed by atoms with E-state index in [1.807, 2.05) is 43.3 Å². The van der Waals surface area contributed by atoms with Crippen LogP contribution in [0.1, 0.15) is 57.7 Å². The van der Waals surface area contributed by atoms with Gasteiger partial charge in [0.25, 0.3) is 0 Å². The minimum Gasteiger partial charge on any atom is -0.460 e. The average Bonchev–Trinajstić information content (AvgIpc) is 3.85. The molecule has 2 aliphatic rings. The van der Waals surface area contributed by atoms with Gasteiger partial charge in [-0.1, -0.05) is 60.7 Å². The van der Waals surface area contributed by atoms with Gasteiger partial charge in [-0.3, -0.25) is 0 Å². The first-order valence-corrected chi connectivity index (χ1v) is 17.6. The van der Waals surface area contributed by atoms with Gasteiger partial charge in [-0.2, -0.15) is 15.8 Å². The number of hydrogen-bond donors (Lipinski definition) is 0. The Morgan fingerprint density at radius 2 is 1.42 bits per heavy atom. The Morgan fingerprint density at radius 3 is 2.23 bits per heavy atom. The number of nitrogens with zero attached hydrogens (tertiary/aromatic N) is 5. The Kier molecular flexibility index (Phi) is 6.44. The number of benzene rings is 5. The molecule has 244 valence electrons. The highest BCUT2D eigenvalue weighted by Crippen LogP contribution is 2.44. The fourth-order valence-electron chi connectivity index (χ4n) is 8.67. The zero-order valence-corrected chi connectivity index (χ0v) is 28.4. The summed E-state index contributed by atoms with van der Waals surface area (Å²) in [4.78, 5) is 0. The standard InChI is InChI=1S/C46H29N5O/c1-27-37(26-49)30(25-48)22-36(45(27)51-38-14-6-2-10-31(38)32-11-3-7-15-39(32)51)28-18-19-29(24-47)42(23-28)50-40-16-8-4-13-35(40)44-41(50)21-20-34-33-12-5-9-17-43(33)52-46(34)44/h2,4-8,10,12-16,18-23H,3,9,11,17H2,1H3. The molecular formula is C46H29N5O. The summed E-state index contributed by atoms with van der Waals surface area (Å²) in [5.74, 6) is 1.01. The van der Waals surface area contributed by atoms with Gasteiger partial charge < -0.3 is 13.6 Å². The van der Waals surface area contributed by atoms with Crippen molar-refractivity contribution in [3.63, 3.8) is 0 Å². The summed E-state index contributed by atoms with van der Waals surface area (Å²) in [6.45, 7) is 1.94. The van der Waals surface area contributed by atoms with E-state index in [0.717, 1.165) is 109 Å². The molecule has 0 unspecified atom stereocenters. The van der Waals surface area contributed by atoms with E-state index in [4.69, 9.17) is 4.42 Å². The van der Waals surface area contributed by atoms with E-state index in [2.05, 4.69) is 100 Å². The molecule has 5 aromatic carbocycles. The third-order valence-electron chi connectivity index (χ3n) is 11.0. The average molecular weight is 668 g/mol. The number of fused-ring (bicyclic) bond motifs is 10. The quantitative estimate of drug-likeness (QED) is 0.187. The number of allylic oxidation sites excluding steroid dienone is 2. The number of rotatable bonds is 3. The van der Waals surface area contributed by atoms with Crippen LogP contribution >= 0.6 is 0 Å². The smallest absolute Gasteiger partial charge is 0.144 e. The largest absolute Gasteiger partial charge is 0.460 e. The molecule has 0 atom stereocenters. The van der Waals surface area contributed by atoms with Gasteiger partial charge in [-0.15, -0.1) is 0 Å². The van der Waals surface area contributed by atoms with E-state index in [1.165, 1.54) is 10.9 Å². The number of para-hydroxylation sites is 2. The number of hydrogen-bond acceptors (Lipinski definition) is 4. The molecule has 0 saturated carbocycles. The lowest BCUT2D eigenvalue weighted by atomic mass is 9.92. The Balaban J connectivity index is 1.30. The summed E-state index contributed by atoms with van der Waals surface area (Å²) in [5.41, 5.74) is 12.5. The van der Waals surface area contributed by atoms with Crippen LogP contribution in [0.25, 0.3) is 78.3 Å². The van der Waals surface area contributed by atoms with Gasteiger partial charge in [0.1, 0.15) is 29.6 Å². The minimum absolute atomic E-state index is 0.320. The Labute approximate surface area is 299 Å². The van der Waals surface area contributed by atoms with Crippen molar-refractivity contribution in [3.8, 4) is 40.7 Å². The molecule has 6 nitrogen and oxygen atoms in total. The molecule has 0 amide bonds. The van der Waals surface area contributed by atoms with Crippen molar-refractivity contribution < 1.29 is 4.42 Å². The van der Waals surface area contributed by atoms with Crippen molar-refractivity contribution >= 4 is 55.8 Å². The van der Waals surface area contributed by atoms with Crippen LogP contribution in [0.2, 0.25) is 0 Å². The summed E-state index contributed by atoms with van der Waals surface area (Å²) in [6, 6.07) is 35.8. The van der Waals surface area contributed by atoms with Gasteiger partial charge in [0.15, 0.2) is 0 Å². The predicted octanol–water partition coefficient (Wildman–Crippen LogP) is 11.0. The lowest BCUT2D eigenvalue weighted by Gasteiger charge is -2.21. The van der Waals surface area contributed by atoms with Crippen LogP contribution in [-0.2, 0) is 12.8 Å². The first-order valence-electron chi connectivity index (χ1n) is 17.6. The summed E-state index contributed by atoms with van der Waals surface area (Å²) < 4.78 is 11.0. The monoisotopic (exact) mass is 667 g/mol. The van der Waals surface area contributed by atoms with Crippen molar-refractivity contribution in [1.82, 2.24) is 9.13 Å². The number of aryl methyl sites for hydroxylation is 2. The molecule has 2 aliphatic carbocycles. The zero-order valence-electron chi connectivity index (χ0n) is 28.4. The van der Waals surface area contributed by atoms with Crippen LogP contribution in [-0.4, -0.2) is 9.13 Å². The maximum absolute atomic E-state index is 10.6. The normalized spacial score (nSPS) is 13.3. The van der Waals surface area contributed by atoms with Crippen molar-refractivity contribution in [2.45, 2.75) is 32.6 Å². The molecule has 6 heteroatoms. The van der Waals surface area contributed by atoms with Crippen molar-refractivity contribution in [3.05, 3.63) is 142 Å². The lowest BCUT2D eigenvalue weighted by Crippen LogP contribution is -2.07. The lowest BCUT2D eigenvalue weighted by molar-refractivity contribution is 0.549. The Bertz CT molecular complexity index is 3070. The predicted molar refractivity (Wildman–Crippen MR) is 206 cm³/mol. The maximum Gasteiger partial charge on any atom is 0.144 e. The molecule has 0 aliphatic heterocycles. The highest BCUT2D eigenvalue weighted by atomic mass is 16.3. The van der Waals surface area contributed by atoms with Crippen LogP contribution in [0.15, 0.2) is 101 Å². The summed E-state index contributed by atoms with van der Waals surface area (Å²) >= 11 is 0. The van der Waals surface area contributed by atoms with Gasteiger partial charge >= 0.3 is 0 Å². The van der Waals surface area contributed by atoms with Gasteiger partial charge in [0.2, 0.25) is 0 Å². The van der Waals surface area contributed by atoms with E-state index in [-0.39, 0.29) is 0 Å². The third-order valence-corrected chi connectivity index (χ3v) is 11.0. The van der Waals surface area contributed by atoms with Crippen LogP contribution < -0.4 is 0 Å². The second-order valence-electron chi connectivity index (χ2n) is 13.6. The summed E-state index contributed by atoms with van der Waals surface area (Å²) in [5, 5.41) is 35.6. The van der Waals surface area contributed by atoms with Crippen LogP contribution in [0.3, 0.4) is 0 Å². The molecule has 52 heavy (non-hydrogen) atoms. The number of furan rings is 1. The fraction of sp³-hybridized carbons (Fsp3) is 0.109. The molecular weight excluding hydrogens is 639 g/mol. The van der Waals surface area contributed by atoms with E-state index in [1.54, 1.807) is 0 Å². The first-order chi connectivity index (χ1) is 25.6. The summed E-state index contributed by atoms with van der Waals surface area (Å²) in [7, 11) is 0. The minimum atomic E-state index is 0.320. The van der Waals surface area contributed by atoms with Crippen LogP contribution in [0, 0.1) is 40.9 Å². The van der Waals surface area contributed by atoms with Crippen LogP contribution in [0.5, 0.6) is 0 Å². The number of nitriles is 3. The zero-order chi connectivity index (χ0) is 35.1. The highest BCUT2D eigenvalue weighted by Gasteiger charge is 2.26. The Morgan fingerprint density at radius 1 is 0.673 bits per heavy atom. The van der Waals surface area contributed by atoms with Crippen molar-refractivity contribution in [1.29, 1.82) is 15.8 Å². The maximum atomic E-state index is 10.6. The fourth-order valence-corrected chi connectivity index (χ4v) is 8.67. The van der Waals surface area contributed by atoms with Gasteiger partial charge in [0, 0.05) is 39.4 Å². The second-order valence-corrected chi connectivity index (χ2v) is 13.6. The van der Waals surface area contributed by atoms with E-state index in [0.29, 0.717) is 16.7 Å². The molecule has 0 radical (unpaired) electrons. The highest BCUT2D eigenvalue weighted by molar-refractivity contribution is 6.20. The van der Waals surface area contributed by atoms with E-state index < -0.39 is 0 Å². The molecule has 3 heterocycles. The molecule has 0 bridgehead atoms. The molecule has 3 aromatic heterocycles. The van der Waals surface area contributed by atoms with E-state index in [9.17, 15) is 15.8 Å². The van der Waals surface area contributed by atoms with Crippen LogP contribution in [0.4, 0.5) is 0 Å². The van der Waals surface area contributed by atoms with Crippen molar-refractivity contribution in [2.24, 2.45) is 0 Å².